The van der Waals surface area contributed by atoms with Crippen LogP contribution in [0.1, 0.15) is 33.1 Å². The van der Waals surface area contributed by atoms with Gasteiger partial charge >= 0.3 is 0 Å². The fourth-order valence-corrected chi connectivity index (χ4v) is 0.597. The largest absolute Gasteiger partial charge is 0.301 e. The van der Waals surface area contributed by atoms with E-state index < -0.39 is 0 Å². The Hall–Kier alpha value is -0.0800. The highest BCUT2D eigenvalue weighted by Gasteiger charge is 1.94. The van der Waals surface area contributed by atoms with E-state index in [1.807, 2.05) is 6.92 Å². The van der Waals surface area contributed by atoms with Crippen LogP contribution >= 0.6 is 0 Å². The first-order valence-corrected chi connectivity index (χ1v) is 3.75. The van der Waals surface area contributed by atoms with Gasteiger partial charge in [0.1, 0.15) is 0 Å². The molecule has 0 saturated carbocycles. The summed E-state index contributed by atoms with van der Waals surface area (Å²) in [5.41, 5.74) is 7.29. The van der Waals surface area contributed by atoms with Crippen molar-refractivity contribution in [1.29, 1.82) is 0 Å². The molecule has 2 heteroatoms. The molecule has 9 heavy (non-hydrogen) atoms. The molecule has 0 aliphatic carbocycles. The smallest absolute Gasteiger partial charge is 0.0701 e. The lowest BCUT2D eigenvalue weighted by molar-refractivity contribution is 0.491. The predicted octanol–water partition coefficient (Wildman–Crippen LogP) is 1.40. The third-order valence-corrected chi connectivity index (χ3v) is 1.33. The van der Waals surface area contributed by atoms with Gasteiger partial charge in [-0.2, -0.15) is 0 Å². The second-order valence-corrected chi connectivity index (χ2v) is 2.27. The SMILES string of the molecule is CCCCNC([NH])CC. The van der Waals surface area contributed by atoms with Crippen molar-refractivity contribution in [3.63, 3.8) is 0 Å². The number of unbranched alkanes of at least 4 members (excludes halogenated alkanes) is 1. The van der Waals surface area contributed by atoms with Crippen LogP contribution in [0.15, 0.2) is 0 Å². The van der Waals surface area contributed by atoms with Crippen LogP contribution in [0.4, 0.5) is 0 Å². The van der Waals surface area contributed by atoms with Crippen molar-refractivity contribution in [3.05, 3.63) is 0 Å². The fraction of sp³-hybridized carbons (Fsp3) is 1.00. The number of hydrogen-bond acceptors (Lipinski definition) is 1. The van der Waals surface area contributed by atoms with Crippen LogP contribution in [0.3, 0.4) is 0 Å². The molecule has 0 fully saturated rings. The molecule has 1 unspecified atom stereocenters. The minimum atomic E-state index is -0.0449. The van der Waals surface area contributed by atoms with Crippen molar-refractivity contribution in [2.75, 3.05) is 6.54 Å². The van der Waals surface area contributed by atoms with Crippen molar-refractivity contribution in [2.24, 2.45) is 0 Å². The van der Waals surface area contributed by atoms with E-state index in [1.165, 1.54) is 12.8 Å². The lowest BCUT2D eigenvalue weighted by atomic mass is 10.3. The standard InChI is InChI=1S/C7H17N2/c1-3-5-6-9-7(8)4-2/h7-9H,3-6H2,1-2H3. The molecule has 0 aromatic heterocycles. The molecule has 0 amide bonds. The minimum Gasteiger partial charge on any atom is -0.301 e. The topological polar surface area (TPSA) is 35.8 Å². The lowest BCUT2D eigenvalue weighted by Gasteiger charge is -2.08. The van der Waals surface area contributed by atoms with Crippen LogP contribution in [-0.4, -0.2) is 12.7 Å². The van der Waals surface area contributed by atoms with E-state index in [1.54, 1.807) is 0 Å². The van der Waals surface area contributed by atoms with E-state index in [9.17, 15) is 0 Å². The van der Waals surface area contributed by atoms with E-state index in [2.05, 4.69) is 12.2 Å². The van der Waals surface area contributed by atoms with Gasteiger partial charge in [0.05, 0.1) is 6.17 Å². The van der Waals surface area contributed by atoms with Crippen LogP contribution in [0.25, 0.3) is 0 Å². The van der Waals surface area contributed by atoms with Crippen molar-refractivity contribution in [1.82, 2.24) is 11.1 Å². The van der Waals surface area contributed by atoms with Gasteiger partial charge in [-0.1, -0.05) is 20.3 Å². The molecule has 0 aromatic carbocycles. The van der Waals surface area contributed by atoms with Gasteiger partial charge in [0.2, 0.25) is 0 Å². The van der Waals surface area contributed by atoms with Gasteiger partial charge < -0.3 is 5.32 Å². The van der Waals surface area contributed by atoms with Gasteiger partial charge in [-0.25, -0.2) is 5.73 Å². The number of rotatable bonds is 5. The number of hydrogen-bond donors (Lipinski definition) is 1. The Balaban J connectivity index is 2.88. The van der Waals surface area contributed by atoms with Gasteiger partial charge in [0.25, 0.3) is 0 Å². The zero-order valence-electron chi connectivity index (χ0n) is 6.41. The quantitative estimate of drug-likeness (QED) is 0.559. The molecule has 0 saturated heterocycles. The maximum absolute atomic E-state index is 7.29. The Bertz CT molecular complexity index is 54.9. The second-order valence-electron chi connectivity index (χ2n) is 2.27. The molecule has 0 spiro atoms. The van der Waals surface area contributed by atoms with Crippen LogP contribution in [-0.2, 0) is 0 Å². The summed E-state index contributed by atoms with van der Waals surface area (Å²) < 4.78 is 0. The van der Waals surface area contributed by atoms with Crippen LogP contribution < -0.4 is 11.1 Å². The first-order chi connectivity index (χ1) is 4.31. The average molecular weight is 129 g/mol. The molecule has 1 atom stereocenters. The highest BCUT2D eigenvalue weighted by atomic mass is 15.0. The molecular formula is C7H17N2. The second kappa shape index (κ2) is 6.05. The lowest BCUT2D eigenvalue weighted by Crippen LogP contribution is -2.30. The predicted molar refractivity (Wildman–Crippen MR) is 40.1 cm³/mol. The Kier molecular flexibility index (Phi) is 5.99. The van der Waals surface area contributed by atoms with Gasteiger partial charge in [-0.05, 0) is 19.4 Å². The van der Waals surface area contributed by atoms with Crippen molar-refractivity contribution >= 4 is 0 Å². The Morgan fingerprint density at radius 3 is 2.56 bits per heavy atom. The average Bonchev–Trinajstić information content (AvgIpc) is 1.89. The monoisotopic (exact) mass is 129 g/mol. The van der Waals surface area contributed by atoms with E-state index in [-0.39, 0.29) is 6.17 Å². The molecule has 0 aromatic rings. The van der Waals surface area contributed by atoms with Gasteiger partial charge in [-0.3, -0.25) is 0 Å². The van der Waals surface area contributed by atoms with Crippen LogP contribution in [0, 0.1) is 0 Å². The first-order valence-electron chi connectivity index (χ1n) is 3.75. The summed E-state index contributed by atoms with van der Waals surface area (Å²) in [5, 5.41) is 3.10. The zero-order chi connectivity index (χ0) is 7.11. The third kappa shape index (κ3) is 5.80. The molecule has 2 nitrogen and oxygen atoms in total. The van der Waals surface area contributed by atoms with E-state index in [4.69, 9.17) is 5.73 Å². The molecule has 0 bridgehead atoms. The highest BCUT2D eigenvalue weighted by molar-refractivity contribution is 4.53. The van der Waals surface area contributed by atoms with Crippen LogP contribution in [0.2, 0.25) is 0 Å². The molecule has 0 rings (SSSR count). The zero-order valence-corrected chi connectivity index (χ0v) is 6.41. The molecular weight excluding hydrogens is 112 g/mol. The number of nitrogens with one attached hydrogen (secondary N) is 2. The molecule has 55 valence electrons. The van der Waals surface area contributed by atoms with E-state index in [0.717, 1.165) is 13.0 Å². The summed E-state index contributed by atoms with van der Waals surface area (Å²) in [4.78, 5) is 0. The normalized spacial score (nSPS) is 13.7. The Labute approximate surface area is 57.8 Å². The Morgan fingerprint density at radius 1 is 1.44 bits per heavy atom. The summed E-state index contributed by atoms with van der Waals surface area (Å²) in [6.07, 6.45) is 3.26. The Morgan fingerprint density at radius 2 is 2.11 bits per heavy atom. The van der Waals surface area contributed by atoms with Gasteiger partial charge in [0.15, 0.2) is 0 Å². The van der Waals surface area contributed by atoms with E-state index >= 15 is 0 Å². The summed E-state index contributed by atoms with van der Waals surface area (Å²) in [7, 11) is 0. The summed E-state index contributed by atoms with van der Waals surface area (Å²) in [6.45, 7) is 5.18. The van der Waals surface area contributed by atoms with Gasteiger partial charge in [0, 0.05) is 0 Å². The molecule has 0 aliphatic heterocycles. The summed E-state index contributed by atoms with van der Waals surface area (Å²) >= 11 is 0. The van der Waals surface area contributed by atoms with E-state index in [0.29, 0.717) is 0 Å². The molecule has 0 aliphatic rings. The minimum absolute atomic E-state index is 0.0449. The summed E-state index contributed by atoms with van der Waals surface area (Å²) in [5.74, 6) is 0. The maximum atomic E-state index is 7.29. The van der Waals surface area contributed by atoms with Gasteiger partial charge in [-0.15, -0.1) is 0 Å². The van der Waals surface area contributed by atoms with Crippen molar-refractivity contribution in [3.8, 4) is 0 Å². The highest BCUT2D eigenvalue weighted by Crippen LogP contribution is 1.86. The molecule has 2 N–H and O–H groups in total. The molecule has 1 radical (unpaired) electrons. The van der Waals surface area contributed by atoms with Crippen molar-refractivity contribution in [2.45, 2.75) is 39.3 Å². The van der Waals surface area contributed by atoms with Crippen LogP contribution in [0.5, 0.6) is 0 Å². The first kappa shape index (κ1) is 8.92. The third-order valence-electron chi connectivity index (χ3n) is 1.33. The van der Waals surface area contributed by atoms with Crippen molar-refractivity contribution < 1.29 is 0 Å². The fourth-order valence-electron chi connectivity index (χ4n) is 0.597. The summed E-state index contributed by atoms with van der Waals surface area (Å²) in [6, 6.07) is 0. The molecule has 0 heterocycles. The maximum Gasteiger partial charge on any atom is 0.0701 e.